The first-order chi connectivity index (χ1) is 19.1. The van der Waals surface area contributed by atoms with E-state index in [1.807, 2.05) is 42.0 Å². The highest BCUT2D eigenvalue weighted by Gasteiger charge is 2.16. The fourth-order valence-electron chi connectivity index (χ4n) is 4.99. The number of ether oxygens (including phenoxy) is 1. The number of nitrogens with zero attached hydrogens (tertiary/aromatic N) is 8. The first-order valence-electron chi connectivity index (χ1n) is 13.4. The molecule has 0 amide bonds. The number of aromatic nitrogens is 7. The van der Waals surface area contributed by atoms with Gasteiger partial charge >= 0.3 is 0 Å². The Hall–Kier alpha value is -4.31. The fourth-order valence-corrected chi connectivity index (χ4v) is 4.99. The van der Waals surface area contributed by atoms with Crippen LogP contribution >= 0.6 is 0 Å². The van der Waals surface area contributed by atoms with Gasteiger partial charge in [0, 0.05) is 37.5 Å². The SMILES string of the molecule is CN1CCC(CCOc2ccn3c(-c4cc(NCc5ccc(-c6cnn(C)n6)cc5)ncn4)cnc3c2)CC1. The number of rotatable bonds is 9. The lowest BCUT2D eigenvalue weighted by molar-refractivity contribution is 0.187. The zero-order valence-electron chi connectivity index (χ0n) is 22.4. The summed E-state index contributed by atoms with van der Waals surface area (Å²) < 4.78 is 8.10. The van der Waals surface area contributed by atoms with E-state index >= 15 is 0 Å². The van der Waals surface area contributed by atoms with E-state index in [0.29, 0.717) is 6.54 Å². The summed E-state index contributed by atoms with van der Waals surface area (Å²) >= 11 is 0. The van der Waals surface area contributed by atoms with E-state index in [4.69, 9.17) is 4.74 Å². The highest BCUT2D eigenvalue weighted by atomic mass is 16.5. The summed E-state index contributed by atoms with van der Waals surface area (Å²) in [7, 11) is 4.01. The maximum absolute atomic E-state index is 6.08. The van der Waals surface area contributed by atoms with Gasteiger partial charge in [0.05, 0.1) is 30.4 Å². The number of fused-ring (bicyclic) bond motifs is 1. The Morgan fingerprint density at radius 3 is 2.59 bits per heavy atom. The van der Waals surface area contributed by atoms with Crippen LogP contribution in [0.25, 0.3) is 28.3 Å². The number of pyridine rings is 1. The molecule has 0 aliphatic carbocycles. The van der Waals surface area contributed by atoms with Crippen molar-refractivity contribution in [3.05, 3.63) is 72.9 Å². The van der Waals surface area contributed by atoms with Crippen LogP contribution in [0.2, 0.25) is 0 Å². The van der Waals surface area contributed by atoms with Gasteiger partial charge in [0.1, 0.15) is 29.2 Å². The van der Waals surface area contributed by atoms with Gasteiger partial charge in [-0.3, -0.25) is 4.40 Å². The molecule has 0 bridgehead atoms. The van der Waals surface area contributed by atoms with Crippen molar-refractivity contribution in [2.24, 2.45) is 13.0 Å². The van der Waals surface area contributed by atoms with Gasteiger partial charge < -0.3 is 15.0 Å². The van der Waals surface area contributed by atoms with Crippen LogP contribution in [0, 0.1) is 5.92 Å². The van der Waals surface area contributed by atoms with Gasteiger partial charge in [0.2, 0.25) is 0 Å². The second kappa shape index (κ2) is 11.2. The van der Waals surface area contributed by atoms with Crippen LogP contribution in [0.1, 0.15) is 24.8 Å². The fraction of sp³-hybridized carbons (Fsp3) is 0.345. The molecule has 0 atom stereocenters. The molecule has 1 aromatic carbocycles. The number of hydrogen-bond donors (Lipinski definition) is 1. The number of imidazole rings is 1. The summed E-state index contributed by atoms with van der Waals surface area (Å²) in [5.74, 6) is 2.36. The van der Waals surface area contributed by atoms with Crippen molar-refractivity contribution in [1.29, 1.82) is 0 Å². The van der Waals surface area contributed by atoms with Crippen LogP contribution in [-0.2, 0) is 13.6 Å². The highest BCUT2D eigenvalue weighted by Crippen LogP contribution is 2.25. The molecule has 0 radical (unpaired) electrons. The number of aryl methyl sites for hydroxylation is 1. The quantitative estimate of drug-likeness (QED) is 0.305. The average Bonchev–Trinajstić information content (AvgIpc) is 3.59. The Morgan fingerprint density at radius 2 is 1.79 bits per heavy atom. The number of benzene rings is 1. The molecule has 1 N–H and O–H groups in total. The maximum Gasteiger partial charge on any atom is 0.140 e. The second-order valence-corrected chi connectivity index (χ2v) is 10.2. The number of nitrogens with one attached hydrogen (secondary N) is 1. The molecular weight excluding hydrogens is 490 g/mol. The van der Waals surface area contributed by atoms with Crippen LogP contribution in [0.5, 0.6) is 5.75 Å². The van der Waals surface area contributed by atoms with E-state index in [1.54, 1.807) is 17.3 Å². The van der Waals surface area contributed by atoms with Gasteiger partial charge in [-0.1, -0.05) is 24.3 Å². The average molecular weight is 524 g/mol. The molecule has 39 heavy (non-hydrogen) atoms. The van der Waals surface area contributed by atoms with Crippen molar-refractivity contribution < 1.29 is 4.74 Å². The van der Waals surface area contributed by atoms with Crippen molar-refractivity contribution in [2.75, 3.05) is 32.1 Å². The minimum Gasteiger partial charge on any atom is -0.493 e. The van der Waals surface area contributed by atoms with E-state index in [1.165, 1.54) is 25.9 Å². The molecule has 200 valence electrons. The van der Waals surface area contributed by atoms with Crippen molar-refractivity contribution in [2.45, 2.75) is 25.8 Å². The van der Waals surface area contributed by atoms with Crippen LogP contribution in [0.15, 0.2) is 67.4 Å². The maximum atomic E-state index is 6.08. The topological polar surface area (TPSA) is 98.3 Å². The lowest BCUT2D eigenvalue weighted by atomic mass is 9.94. The Labute approximate surface area is 227 Å². The number of hydrogen-bond acceptors (Lipinski definition) is 8. The third-order valence-corrected chi connectivity index (χ3v) is 7.37. The van der Waals surface area contributed by atoms with Crippen LogP contribution < -0.4 is 10.1 Å². The van der Waals surface area contributed by atoms with E-state index in [0.717, 1.165) is 64.4 Å². The first kappa shape index (κ1) is 25.0. The normalized spacial score (nSPS) is 14.6. The van der Waals surface area contributed by atoms with Crippen LogP contribution in [0.3, 0.4) is 0 Å². The Bertz CT molecular complexity index is 1530. The van der Waals surface area contributed by atoms with Crippen molar-refractivity contribution in [1.82, 2.24) is 39.2 Å². The Balaban J connectivity index is 1.08. The monoisotopic (exact) mass is 523 g/mol. The lowest BCUT2D eigenvalue weighted by Crippen LogP contribution is -2.30. The molecule has 1 aliphatic heterocycles. The van der Waals surface area contributed by atoms with E-state index in [-0.39, 0.29) is 0 Å². The molecule has 5 heterocycles. The van der Waals surface area contributed by atoms with Crippen molar-refractivity contribution in [3.63, 3.8) is 0 Å². The predicted octanol–water partition coefficient (Wildman–Crippen LogP) is 4.31. The summed E-state index contributed by atoms with van der Waals surface area (Å²) in [5, 5.41) is 11.9. The molecule has 0 saturated carbocycles. The molecule has 10 nitrogen and oxygen atoms in total. The van der Waals surface area contributed by atoms with Crippen LogP contribution in [-0.4, -0.2) is 66.0 Å². The van der Waals surface area contributed by atoms with Crippen molar-refractivity contribution >= 4 is 11.5 Å². The smallest absolute Gasteiger partial charge is 0.140 e. The van der Waals surface area contributed by atoms with Crippen LogP contribution in [0.4, 0.5) is 5.82 Å². The third-order valence-electron chi connectivity index (χ3n) is 7.37. The molecule has 6 rings (SSSR count). The summed E-state index contributed by atoms with van der Waals surface area (Å²) in [6.45, 7) is 3.75. The summed E-state index contributed by atoms with van der Waals surface area (Å²) in [4.78, 5) is 17.5. The van der Waals surface area contributed by atoms with Crippen molar-refractivity contribution in [3.8, 4) is 28.4 Å². The van der Waals surface area contributed by atoms with Gasteiger partial charge in [0.25, 0.3) is 0 Å². The zero-order valence-corrected chi connectivity index (χ0v) is 22.4. The summed E-state index contributed by atoms with van der Waals surface area (Å²) in [6.07, 6.45) is 10.8. The van der Waals surface area contributed by atoms with Gasteiger partial charge in [-0.25, -0.2) is 15.0 Å². The minimum absolute atomic E-state index is 0.641. The molecule has 0 unspecified atom stereocenters. The Kier molecular flexibility index (Phi) is 7.18. The van der Waals surface area contributed by atoms with Gasteiger partial charge in [-0.15, -0.1) is 0 Å². The third kappa shape index (κ3) is 5.91. The largest absolute Gasteiger partial charge is 0.493 e. The highest BCUT2D eigenvalue weighted by molar-refractivity contribution is 5.63. The van der Waals surface area contributed by atoms with Gasteiger partial charge in [0.15, 0.2) is 0 Å². The second-order valence-electron chi connectivity index (χ2n) is 10.2. The van der Waals surface area contributed by atoms with E-state index < -0.39 is 0 Å². The molecule has 1 fully saturated rings. The van der Waals surface area contributed by atoms with Gasteiger partial charge in [-0.2, -0.15) is 15.0 Å². The molecule has 1 saturated heterocycles. The number of likely N-dealkylation sites (tertiary alicyclic amines) is 1. The standard InChI is InChI=1S/C29H33N9O/c1-36-11-7-21(8-12-36)10-14-39-24-9-13-38-27(19-31-29(38)15-24)25-16-28(33-20-32-25)30-17-22-3-5-23(6-4-22)26-18-34-37(2)35-26/h3-6,9,13,15-16,18-21H,7-8,10-12,14,17H2,1-2H3,(H,30,32,33). The van der Waals surface area contributed by atoms with Gasteiger partial charge in [-0.05, 0) is 56.9 Å². The summed E-state index contributed by atoms with van der Waals surface area (Å²) in [6, 6.07) is 14.2. The van der Waals surface area contributed by atoms with E-state index in [9.17, 15) is 0 Å². The van der Waals surface area contributed by atoms with E-state index in [2.05, 4.69) is 66.7 Å². The molecule has 10 heteroatoms. The Morgan fingerprint density at radius 1 is 0.949 bits per heavy atom. The molecule has 1 aliphatic rings. The molecule has 0 spiro atoms. The number of piperidine rings is 1. The molecular formula is C29H33N9O. The zero-order chi connectivity index (χ0) is 26.6. The predicted molar refractivity (Wildman–Crippen MR) is 150 cm³/mol. The first-order valence-corrected chi connectivity index (χ1v) is 13.4. The molecule has 5 aromatic rings. The molecule has 4 aromatic heterocycles. The summed E-state index contributed by atoms with van der Waals surface area (Å²) in [5.41, 5.74) is 5.57. The number of anilines is 1. The minimum atomic E-state index is 0.641. The lowest BCUT2D eigenvalue weighted by Gasteiger charge is -2.28.